The summed E-state index contributed by atoms with van der Waals surface area (Å²) in [6.45, 7) is 2.26. The molecule has 1 aromatic rings. The van der Waals surface area contributed by atoms with Gasteiger partial charge < -0.3 is 5.32 Å². The number of hydrogen-bond donors (Lipinski definition) is 1. The van der Waals surface area contributed by atoms with Crippen molar-refractivity contribution in [3.05, 3.63) is 24.3 Å². The quantitative estimate of drug-likeness (QED) is 0.391. The average molecular weight is 335 g/mol. The summed E-state index contributed by atoms with van der Waals surface area (Å²) in [4.78, 5) is 12.6. The van der Waals surface area contributed by atoms with E-state index in [0.29, 0.717) is 6.42 Å². The highest BCUT2D eigenvalue weighted by molar-refractivity contribution is 7.80. The second-order valence-corrected chi connectivity index (χ2v) is 6.83. The number of nitrogens with one attached hydrogen (secondary N) is 1. The Bertz CT molecular complexity index is 416. The predicted molar refractivity (Wildman–Crippen MR) is 102 cm³/mol. The van der Waals surface area contributed by atoms with Crippen LogP contribution in [0.25, 0.3) is 0 Å². The van der Waals surface area contributed by atoms with Gasteiger partial charge >= 0.3 is 0 Å². The highest BCUT2D eigenvalue weighted by atomic mass is 32.1. The van der Waals surface area contributed by atoms with E-state index in [1.165, 1.54) is 57.8 Å². The summed E-state index contributed by atoms with van der Waals surface area (Å²) >= 11 is 5.03. The van der Waals surface area contributed by atoms with Crippen molar-refractivity contribution in [1.82, 2.24) is 0 Å². The number of rotatable bonds is 13. The maximum atomic E-state index is 11.8. The summed E-state index contributed by atoms with van der Waals surface area (Å²) in [5, 5.41) is 2.92. The van der Waals surface area contributed by atoms with E-state index in [9.17, 15) is 4.79 Å². The van der Waals surface area contributed by atoms with Crippen LogP contribution in [0.5, 0.6) is 0 Å². The van der Waals surface area contributed by atoms with Crippen LogP contribution in [-0.4, -0.2) is 5.91 Å². The minimum atomic E-state index is 0.109. The fraction of sp³-hybridized carbons (Fsp3) is 0.650. The number of carbonyl (C=O) groups excluding carboxylic acids is 1. The zero-order valence-corrected chi connectivity index (χ0v) is 15.4. The number of carbonyl (C=O) groups is 1. The van der Waals surface area contributed by atoms with Crippen molar-refractivity contribution >= 4 is 24.2 Å². The molecule has 0 spiro atoms. The van der Waals surface area contributed by atoms with Crippen LogP contribution in [-0.2, 0) is 4.79 Å². The van der Waals surface area contributed by atoms with Crippen LogP contribution in [0.1, 0.15) is 84.0 Å². The minimum absolute atomic E-state index is 0.109. The van der Waals surface area contributed by atoms with E-state index in [1.807, 2.05) is 24.3 Å². The number of amides is 1. The molecule has 2 nitrogen and oxygen atoms in total. The normalized spacial score (nSPS) is 10.7. The Morgan fingerprint density at radius 3 is 1.83 bits per heavy atom. The van der Waals surface area contributed by atoms with Gasteiger partial charge in [-0.15, -0.1) is 0 Å². The summed E-state index contributed by atoms with van der Waals surface area (Å²) in [5.74, 6) is 0.109. The van der Waals surface area contributed by atoms with E-state index < -0.39 is 0 Å². The number of anilines is 1. The number of hydrogen-bond acceptors (Lipinski definition) is 1. The van der Waals surface area contributed by atoms with Crippen LogP contribution in [0.15, 0.2) is 29.2 Å². The Morgan fingerprint density at radius 1 is 0.826 bits per heavy atom. The predicted octanol–water partition coefficient (Wildman–Crippen LogP) is 6.88. The van der Waals surface area contributed by atoms with Gasteiger partial charge in [-0.2, -0.15) is 0 Å². The average Bonchev–Trinajstić information content (AvgIpc) is 2.55. The highest BCUT2D eigenvalue weighted by Gasteiger charge is 2.02. The molecule has 0 aromatic heterocycles. The Labute approximate surface area is 147 Å². The molecule has 1 radical (unpaired) electrons. The monoisotopic (exact) mass is 334 g/mol. The summed E-state index contributed by atoms with van der Waals surface area (Å²) in [7, 11) is 0. The van der Waals surface area contributed by atoms with Crippen molar-refractivity contribution in [2.75, 3.05) is 5.32 Å². The lowest BCUT2D eigenvalue weighted by Gasteiger charge is -2.05. The molecule has 0 fully saturated rings. The molecule has 0 aliphatic rings. The summed E-state index contributed by atoms with van der Waals surface area (Å²) < 4.78 is 0. The van der Waals surface area contributed by atoms with E-state index >= 15 is 0 Å². The van der Waals surface area contributed by atoms with E-state index in [2.05, 4.69) is 12.2 Å². The largest absolute Gasteiger partial charge is 0.326 e. The molecule has 1 amide bonds. The Kier molecular flexibility index (Phi) is 11.6. The Hall–Kier alpha value is -1.09. The zero-order chi connectivity index (χ0) is 16.8. The summed E-state index contributed by atoms with van der Waals surface area (Å²) in [6, 6.07) is 7.40. The minimum Gasteiger partial charge on any atom is -0.326 e. The number of benzene rings is 1. The van der Waals surface area contributed by atoms with Crippen LogP contribution >= 0.6 is 12.6 Å². The molecule has 129 valence electrons. The molecule has 23 heavy (non-hydrogen) atoms. The summed E-state index contributed by atoms with van der Waals surface area (Å²) in [6.07, 6.45) is 15.0. The first-order valence-corrected chi connectivity index (χ1v) is 9.70. The molecule has 0 saturated carbocycles. The summed E-state index contributed by atoms with van der Waals surface area (Å²) in [5.41, 5.74) is 0.840. The lowest BCUT2D eigenvalue weighted by Crippen LogP contribution is -2.10. The third-order valence-electron chi connectivity index (χ3n) is 4.15. The van der Waals surface area contributed by atoms with E-state index in [4.69, 9.17) is 12.6 Å². The molecule has 0 aliphatic heterocycles. The molecular weight excluding hydrogens is 302 g/mol. The van der Waals surface area contributed by atoms with Crippen molar-refractivity contribution in [2.24, 2.45) is 0 Å². The van der Waals surface area contributed by atoms with Gasteiger partial charge in [-0.05, 0) is 30.7 Å². The Balaban J connectivity index is 1.90. The fourth-order valence-electron chi connectivity index (χ4n) is 2.71. The van der Waals surface area contributed by atoms with Crippen LogP contribution < -0.4 is 5.32 Å². The molecule has 0 atom stereocenters. The van der Waals surface area contributed by atoms with Crippen molar-refractivity contribution in [1.29, 1.82) is 0 Å². The van der Waals surface area contributed by atoms with E-state index in [0.717, 1.165) is 23.4 Å². The molecule has 0 aliphatic carbocycles. The molecule has 1 N–H and O–H groups in total. The lowest BCUT2D eigenvalue weighted by atomic mass is 10.1. The molecule has 0 heterocycles. The second-order valence-electron chi connectivity index (χ2n) is 6.36. The van der Waals surface area contributed by atoms with Crippen LogP contribution in [0.3, 0.4) is 0 Å². The molecule has 3 heteroatoms. The SMILES string of the molecule is CCCCCCCCCCCCCC(=O)Nc1ccc([S])cc1. The van der Waals surface area contributed by atoms with Gasteiger partial charge in [0, 0.05) is 17.0 Å². The second kappa shape index (κ2) is 13.4. The molecule has 0 unspecified atom stereocenters. The van der Waals surface area contributed by atoms with Gasteiger partial charge in [0.15, 0.2) is 0 Å². The van der Waals surface area contributed by atoms with E-state index in [-0.39, 0.29) is 5.91 Å². The van der Waals surface area contributed by atoms with Gasteiger partial charge in [0.05, 0.1) is 0 Å². The van der Waals surface area contributed by atoms with Crippen LogP contribution in [0.4, 0.5) is 5.69 Å². The third kappa shape index (κ3) is 11.1. The maximum absolute atomic E-state index is 11.8. The van der Waals surface area contributed by atoms with Crippen molar-refractivity contribution in [3.63, 3.8) is 0 Å². The molecule has 1 rings (SSSR count). The first-order chi connectivity index (χ1) is 11.2. The smallest absolute Gasteiger partial charge is 0.224 e. The van der Waals surface area contributed by atoms with Gasteiger partial charge in [-0.3, -0.25) is 4.79 Å². The Morgan fingerprint density at radius 2 is 1.30 bits per heavy atom. The van der Waals surface area contributed by atoms with Gasteiger partial charge in [-0.1, -0.05) is 83.8 Å². The lowest BCUT2D eigenvalue weighted by molar-refractivity contribution is -0.116. The van der Waals surface area contributed by atoms with Gasteiger partial charge in [0.1, 0.15) is 0 Å². The van der Waals surface area contributed by atoms with Crippen LogP contribution in [0.2, 0.25) is 0 Å². The standard InChI is InChI=1S/C20H32NOS/c1-2-3-4-5-6-7-8-9-10-11-12-13-20(22)21-18-14-16-19(23)17-15-18/h14-17H,2-13H2,1H3,(H,21,22). The van der Waals surface area contributed by atoms with Gasteiger partial charge in [0.25, 0.3) is 0 Å². The van der Waals surface area contributed by atoms with Crippen LogP contribution in [0, 0.1) is 0 Å². The molecule has 0 saturated heterocycles. The fourth-order valence-corrected chi connectivity index (χ4v) is 2.85. The van der Waals surface area contributed by atoms with Crippen molar-refractivity contribution < 1.29 is 4.79 Å². The van der Waals surface area contributed by atoms with Gasteiger partial charge in [-0.25, -0.2) is 0 Å². The van der Waals surface area contributed by atoms with Crippen molar-refractivity contribution in [2.45, 2.75) is 88.9 Å². The first kappa shape index (κ1) is 20.0. The van der Waals surface area contributed by atoms with E-state index in [1.54, 1.807) is 0 Å². The highest BCUT2D eigenvalue weighted by Crippen LogP contribution is 2.14. The number of unbranched alkanes of at least 4 members (excludes halogenated alkanes) is 10. The first-order valence-electron chi connectivity index (χ1n) is 9.29. The molecule has 1 aromatic carbocycles. The molecule has 0 bridgehead atoms. The topological polar surface area (TPSA) is 29.1 Å². The van der Waals surface area contributed by atoms with Gasteiger partial charge in [0.2, 0.25) is 5.91 Å². The zero-order valence-electron chi connectivity index (χ0n) is 14.6. The molecular formula is C20H32NOS. The maximum Gasteiger partial charge on any atom is 0.224 e. The third-order valence-corrected chi connectivity index (χ3v) is 4.42. The van der Waals surface area contributed by atoms with Crippen molar-refractivity contribution in [3.8, 4) is 0 Å².